The van der Waals surface area contributed by atoms with Crippen molar-refractivity contribution >= 4 is 5.91 Å². The molecule has 0 spiro atoms. The topological polar surface area (TPSA) is 20.3 Å². The molecule has 0 aromatic rings. The van der Waals surface area contributed by atoms with Gasteiger partial charge in [-0.15, -0.1) is 0 Å². The second-order valence-corrected chi connectivity index (χ2v) is 4.65. The van der Waals surface area contributed by atoms with Crippen molar-refractivity contribution in [1.29, 1.82) is 0 Å². The highest BCUT2D eigenvalue weighted by Crippen LogP contribution is 2.39. The van der Waals surface area contributed by atoms with Crippen molar-refractivity contribution in [2.75, 3.05) is 0 Å². The van der Waals surface area contributed by atoms with Gasteiger partial charge in [-0.05, 0) is 38.2 Å². The lowest BCUT2D eigenvalue weighted by Gasteiger charge is -2.32. The van der Waals surface area contributed by atoms with E-state index >= 15 is 0 Å². The number of rotatable bonds is 1. The molecule has 1 saturated carbocycles. The van der Waals surface area contributed by atoms with E-state index in [0.717, 1.165) is 5.92 Å². The van der Waals surface area contributed by atoms with E-state index in [-0.39, 0.29) is 5.91 Å². The Labute approximate surface area is 86.0 Å². The van der Waals surface area contributed by atoms with E-state index in [2.05, 4.69) is 18.4 Å². The van der Waals surface area contributed by atoms with Gasteiger partial charge in [0.2, 0.25) is 5.91 Å². The minimum Gasteiger partial charge on any atom is -0.333 e. The fourth-order valence-corrected chi connectivity index (χ4v) is 3.19. The number of nitrogens with zero attached hydrogens (tertiary/aromatic N) is 1. The predicted molar refractivity (Wildman–Crippen MR) is 56.9 cm³/mol. The van der Waals surface area contributed by atoms with E-state index in [9.17, 15) is 4.79 Å². The zero-order chi connectivity index (χ0) is 10.1. The van der Waals surface area contributed by atoms with Crippen molar-refractivity contribution in [3.63, 3.8) is 0 Å². The van der Waals surface area contributed by atoms with Gasteiger partial charge in [-0.25, -0.2) is 0 Å². The van der Waals surface area contributed by atoms with Crippen LogP contribution < -0.4 is 0 Å². The summed E-state index contributed by atoms with van der Waals surface area (Å²) in [5.74, 6) is 0.898. The Bertz CT molecular complexity index is 249. The molecule has 1 saturated heterocycles. The first-order chi connectivity index (χ1) is 6.74. The van der Waals surface area contributed by atoms with Gasteiger partial charge in [0.15, 0.2) is 0 Å². The van der Waals surface area contributed by atoms with Crippen molar-refractivity contribution in [2.24, 2.45) is 5.92 Å². The molecular weight excluding hydrogens is 174 g/mol. The van der Waals surface area contributed by atoms with Gasteiger partial charge < -0.3 is 4.90 Å². The number of hydrogen-bond acceptors (Lipinski definition) is 1. The van der Waals surface area contributed by atoms with Crippen LogP contribution in [0, 0.1) is 5.92 Å². The van der Waals surface area contributed by atoms with Crippen LogP contribution in [0.5, 0.6) is 0 Å². The molecule has 0 bridgehead atoms. The van der Waals surface area contributed by atoms with Crippen LogP contribution in [-0.2, 0) is 4.79 Å². The van der Waals surface area contributed by atoms with Gasteiger partial charge in [0.25, 0.3) is 0 Å². The van der Waals surface area contributed by atoms with Crippen molar-refractivity contribution in [1.82, 2.24) is 4.90 Å². The monoisotopic (exact) mass is 193 g/mol. The molecule has 2 fully saturated rings. The van der Waals surface area contributed by atoms with E-state index < -0.39 is 0 Å². The summed E-state index contributed by atoms with van der Waals surface area (Å²) in [5, 5.41) is 0. The Kier molecular flexibility index (Phi) is 2.62. The minimum atomic E-state index is 0.131. The lowest BCUT2D eigenvalue weighted by molar-refractivity contribution is -0.129. The van der Waals surface area contributed by atoms with Crippen LogP contribution in [0.4, 0.5) is 0 Å². The molecule has 2 heteroatoms. The zero-order valence-corrected chi connectivity index (χ0v) is 8.91. The smallest absolute Gasteiger partial charge is 0.246 e. The highest BCUT2D eigenvalue weighted by Gasteiger charge is 2.41. The molecule has 3 atom stereocenters. The Balaban J connectivity index is 2.15. The summed E-state index contributed by atoms with van der Waals surface area (Å²) in [7, 11) is 0. The molecule has 2 rings (SSSR count). The van der Waals surface area contributed by atoms with Crippen LogP contribution in [0.25, 0.3) is 0 Å². The van der Waals surface area contributed by atoms with E-state index in [1.165, 1.54) is 38.2 Å². The first-order valence-corrected chi connectivity index (χ1v) is 5.68. The second-order valence-electron chi connectivity index (χ2n) is 4.65. The summed E-state index contributed by atoms with van der Waals surface area (Å²) >= 11 is 0. The fraction of sp³-hybridized carbons (Fsp3) is 0.750. The average molecular weight is 193 g/mol. The van der Waals surface area contributed by atoms with Gasteiger partial charge in [0.1, 0.15) is 0 Å². The van der Waals surface area contributed by atoms with Gasteiger partial charge in [0, 0.05) is 12.1 Å². The lowest BCUT2D eigenvalue weighted by Crippen LogP contribution is -2.41. The van der Waals surface area contributed by atoms with E-state index in [1.54, 1.807) is 0 Å². The zero-order valence-electron chi connectivity index (χ0n) is 8.91. The van der Waals surface area contributed by atoms with Crippen molar-refractivity contribution in [3.05, 3.63) is 12.7 Å². The third-order valence-electron chi connectivity index (χ3n) is 3.77. The molecule has 1 aliphatic carbocycles. The summed E-state index contributed by atoms with van der Waals surface area (Å²) in [5.41, 5.74) is 0. The van der Waals surface area contributed by atoms with Crippen molar-refractivity contribution in [3.8, 4) is 0 Å². The van der Waals surface area contributed by atoms with E-state index in [4.69, 9.17) is 0 Å². The molecule has 78 valence electrons. The van der Waals surface area contributed by atoms with Crippen molar-refractivity contribution in [2.45, 2.75) is 51.1 Å². The number of likely N-dealkylation sites (tertiary alicyclic amines) is 1. The molecule has 2 nitrogen and oxygen atoms in total. The van der Waals surface area contributed by atoms with Crippen LogP contribution in [0.2, 0.25) is 0 Å². The Hall–Kier alpha value is -0.790. The molecule has 1 heterocycles. The molecule has 0 N–H and O–H groups in total. The van der Waals surface area contributed by atoms with Gasteiger partial charge >= 0.3 is 0 Å². The maximum atomic E-state index is 11.7. The number of amides is 1. The maximum Gasteiger partial charge on any atom is 0.246 e. The minimum absolute atomic E-state index is 0.131. The summed E-state index contributed by atoms with van der Waals surface area (Å²) < 4.78 is 0. The van der Waals surface area contributed by atoms with E-state index in [1.807, 2.05) is 0 Å². The number of fused-ring (bicyclic) bond motifs is 1. The van der Waals surface area contributed by atoms with E-state index in [0.29, 0.717) is 12.1 Å². The Morgan fingerprint density at radius 3 is 2.86 bits per heavy atom. The SMILES string of the molecule is C=CC(=O)N1C(C)CC2CCCCC21. The predicted octanol–water partition coefficient (Wildman–Crippen LogP) is 2.35. The molecule has 0 aromatic heterocycles. The van der Waals surface area contributed by atoms with Crippen LogP contribution in [0.1, 0.15) is 39.0 Å². The highest BCUT2D eigenvalue weighted by molar-refractivity contribution is 5.87. The summed E-state index contributed by atoms with van der Waals surface area (Å²) in [6.45, 7) is 5.75. The molecule has 2 aliphatic rings. The molecule has 0 aromatic carbocycles. The number of carbonyl (C=O) groups is 1. The lowest BCUT2D eigenvalue weighted by atomic mass is 9.85. The van der Waals surface area contributed by atoms with Crippen molar-refractivity contribution < 1.29 is 4.79 Å². The normalized spacial score (nSPS) is 36.6. The van der Waals surface area contributed by atoms with Crippen LogP contribution in [0.3, 0.4) is 0 Å². The largest absolute Gasteiger partial charge is 0.333 e. The fourth-order valence-electron chi connectivity index (χ4n) is 3.19. The maximum absolute atomic E-state index is 11.7. The van der Waals surface area contributed by atoms with Gasteiger partial charge in [-0.2, -0.15) is 0 Å². The average Bonchev–Trinajstić information content (AvgIpc) is 2.53. The Morgan fingerprint density at radius 1 is 1.43 bits per heavy atom. The molecule has 1 amide bonds. The quantitative estimate of drug-likeness (QED) is 0.585. The number of hydrogen-bond donors (Lipinski definition) is 0. The second kappa shape index (κ2) is 3.76. The first-order valence-electron chi connectivity index (χ1n) is 5.68. The van der Waals surface area contributed by atoms with Crippen LogP contribution in [0.15, 0.2) is 12.7 Å². The molecule has 0 radical (unpaired) electrons. The molecular formula is C12H19NO. The molecule has 3 unspecified atom stereocenters. The third kappa shape index (κ3) is 1.47. The summed E-state index contributed by atoms with van der Waals surface area (Å²) in [6, 6.07) is 0.942. The first kappa shape index (κ1) is 9.75. The summed E-state index contributed by atoms with van der Waals surface area (Å²) in [6.07, 6.45) is 7.82. The summed E-state index contributed by atoms with van der Waals surface area (Å²) in [4.78, 5) is 13.8. The van der Waals surface area contributed by atoms with Gasteiger partial charge in [-0.1, -0.05) is 19.4 Å². The number of carbonyl (C=O) groups excluding carboxylic acids is 1. The van der Waals surface area contributed by atoms with Gasteiger partial charge in [0.05, 0.1) is 0 Å². The molecule has 1 aliphatic heterocycles. The van der Waals surface area contributed by atoms with Crippen LogP contribution in [-0.4, -0.2) is 22.9 Å². The van der Waals surface area contributed by atoms with Gasteiger partial charge in [-0.3, -0.25) is 4.79 Å². The molecule has 14 heavy (non-hydrogen) atoms. The standard InChI is InChI=1S/C12H19NO/c1-3-12(14)13-9(2)8-10-6-4-5-7-11(10)13/h3,9-11H,1,4-8H2,2H3. The third-order valence-corrected chi connectivity index (χ3v) is 3.77. The Morgan fingerprint density at radius 2 is 2.14 bits per heavy atom. The van der Waals surface area contributed by atoms with Crippen LogP contribution >= 0.6 is 0 Å². The highest BCUT2D eigenvalue weighted by atomic mass is 16.2.